The van der Waals surface area contributed by atoms with Crippen molar-refractivity contribution in [1.82, 2.24) is 9.55 Å². The Morgan fingerprint density at radius 1 is 1.00 bits per heavy atom. The van der Waals surface area contributed by atoms with Crippen LogP contribution in [0.4, 0.5) is 14.5 Å². The molecular formula is C18H13F2N3O3. The van der Waals surface area contributed by atoms with E-state index in [9.17, 15) is 23.2 Å². The lowest BCUT2D eigenvalue weighted by atomic mass is 10.2. The topological polar surface area (TPSA) is 84.0 Å². The number of H-pyrrole nitrogens is 1. The minimum absolute atomic E-state index is 0.0109. The third-order valence-electron chi connectivity index (χ3n) is 3.63. The number of aromatic nitrogens is 2. The molecule has 8 heteroatoms. The molecule has 0 atom stereocenters. The van der Waals surface area contributed by atoms with Gasteiger partial charge in [-0.05, 0) is 17.7 Å². The molecule has 6 nitrogen and oxygen atoms in total. The Kier molecular flexibility index (Phi) is 4.74. The van der Waals surface area contributed by atoms with E-state index in [1.807, 2.05) is 6.07 Å². The van der Waals surface area contributed by atoms with Crippen molar-refractivity contribution >= 4 is 11.6 Å². The van der Waals surface area contributed by atoms with Crippen LogP contribution in [0.1, 0.15) is 16.1 Å². The molecule has 26 heavy (non-hydrogen) atoms. The molecule has 2 aromatic carbocycles. The van der Waals surface area contributed by atoms with Gasteiger partial charge in [0.15, 0.2) is 11.6 Å². The fourth-order valence-corrected chi connectivity index (χ4v) is 2.33. The Bertz CT molecular complexity index is 1040. The van der Waals surface area contributed by atoms with Crippen molar-refractivity contribution < 1.29 is 13.6 Å². The van der Waals surface area contributed by atoms with Crippen molar-refractivity contribution in [3.8, 4) is 0 Å². The summed E-state index contributed by atoms with van der Waals surface area (Å²) in [6.45, 7) is 0.0556. The highest BCUT2D eigenvalue weighted by Gasteiger charge is 2.13. The van der Waals surface area contributed by atoms with E-state index in [2.05, 4.69) is 10.3 Å². The highest BCUT2D eigenvalue weighted by atomic mass is 19.2. The van der Waals surface area contributed by atoms with E-state index in [0.29, 0.717) is 0 Å². The summed E-state index contributed by atoms with van der Waals surface area (Å²) in [6.07, 6.45) is 0. The Labute approximate surface area is 145 Å². The molecule has 3 aromatic rings. The summed E-state index contributed by atoms with van der Waals surface area (Å²) in [5, 5.41) is 2.29. The lowest BCUT2D eigenvalue weighted by Crippen LogP contribution is -2.37. The van der Waals surface area contributed by atoms with Gasteiger partial charge in [0.1, 0.15) is 5.69 Å². The zero-order valence-electron chi connectivity index (χ0n) is 13.3. The zero-order valence-corrected chi connectivity index (χ0v) is 13.3. The summed E-state index contributed by atoms with van der Waals surface area (Å²) >= 11 is 0. The molecule has 1 amide bonds. The first-order chi connectivity index (χ1) is 12.4. The third kappa shape index (κ3) is 3.75. The predicted molar refractivity (Wildman–Crippen MR) is 91.2 cm³/mol. The summed E-state index contributed by atoms with van der Waals surface area (Å²) in [5.41, 5.74) is -0.957. The first-order valence-electron chi connectivity index (χ1n) is 7.58. The second-order valence-corrected chi connectivity index (χ2v) is 5.48. The average molecular weight is 357 g/mol. The highest BCUT2D eigenvalue weighted by Crippen LogP contribution is 2.13. The second-order valence-electron chi connectivity index (χ2n) is 5.48. The van der Waals surface area contributed by atoms with Crippen LogP contribution in [0.15, 0.2) is 64.2 Å². The summed E-state index contributed by atoms with van der Waals surface area (Å²) in [7, 11) is 0. The number of amides is 1. The van der Waals surface area contributed by atoms with Gasteiger partial charge in [0, 0.05) is 17.8 Å². The lowest BCUT2D eigenvalue weighted by molar-refractivity contribution is 0.102. The molecule has 0 aliphatic heterocycles. The number of carbonyl (C=O) groups excluding carboxylic acids is 1. The maximum Gasteiger partial charge on any atom is 0.329 e. The summed E-state index contributed by atoms with van der Waals surface area (Å²) < 4.78 is 27.0. The van der Waals surface area contributed by atoms with E-state index in [0.717, 1.165) is 34.4 Å². The third-order valence-corrected chi connectivity index (χ3v) is 3.63. The van der Waals surface area contributed by atoms with Crippen LogP contribution < -0.4 is 16.6 Å². The number of hydrogen-bond acceptors (Lipinski definition) is 3. The van der Waals surface area contributed by atoms with E-state index in [1.54, 1.807) is 24.3 Å². The van der Waals surface area contributed by atoms with Crippen molar-refractivity contribution in [1.29, 1.82) is 0 Å². The molecule has 0 aliphatic rings. The molecule has 132 valence electrons. The van der Waals surface area contributed by atoms with Gasteiger partial charge in [-0.2, -0.15) is 0 Å². The number of halogens is 2. The van der Waals surface area contributed by atoms with E-state index in [-0.39, 0.29) is 17.9 Å². The van der Waals surface area contributed by atoms with Gasteiger partial charge in [0.05, 0.1) is 6.54 Å². The molecule has 0 saturated heterocycles. The number of aromatic amines is 1. The smallest absolute Gasteiger partial charge is 0.321 e. The quantitative estimate of drug-likeness (QED) is 0.750. The number of nitrogens with zero attached hydrogens (tertiary/aromatic N) is 1. The van der Waals surface area contributed by atoms with Gasteiger partial charge < -0.3 is 10.3 Å². The first kappa shape index (κ1) is 17.3. The van der Waals surface area contributed by atoms with Crippen LogP contribution >= 0.6 is 0 Å². The summed E-state index contributed by atoms with van der Waals surface area (Å²) in [4.78, 5) is 38.8. The van der Waals surface area contributed by atoms with Crippen LogP contribution in [-0.4, -0.2) is 15.5 Å². The average Bonchev–Trinajstić information content (AvgIpc) is 2.62. The number of hydrogen-bond donors (Lipinski definition) is 2. The van der Waals surface area contributed by atoms with Gasteiger partial charge in [-0.15, -0.1) is 0 Å². The van der Waals surface area contributed by atoms with Gasteiger partial charge in [-0.25, -0.2) is 13.6 Å². The molecule has 3 rings (SSSR count). The fourth-order valence-electron chi connectivity index (χ4n) is 2.33. The molecule has 0 aliphatic carbocycles. The molecule has 0 fully saturated rings. The Hall–Kier alpha value is -3.55. The minimum Gasteiger partial charge on any atom is -0.321 e. The maximum atomic E-state index is 13.2. The number of anilines is 1. The van der Waals surface area contributed by atoms with Crippen LogP contribution in [0, 0.1) is 11.6 Å². The van der Waals surface area contributed by atoms with Crippen LogP contribution in [0.25, 0.3) is 0 Å². The van der Waals surface area contributed by atoms with E-state index in [1.165, 1.54) is 0 Å². The normalized spacial score (nSPS) is 10.5. The van der Waals surface area contributed by atoms with Crippen LogP contribution in [-0.2, 0) is 6.54 Å². The standard InChI is InChI=1S/C18H13F2N3O3/c19-13-7-6-12(8-14(13)20)21-17(25)15-9-16(24)23(18(26)22-15)10-11-4-2-1-3-5-11/h1-9H,10H2,(H,21,25)(H,22,26). The Balaban J connectivity index is 1.85. The van der Waals surface area contributed by atoms with Gasteiger partial charge in [0.2, 0.25) is 0 Å². The summed E-state index contributed by atoms with van der Waals surface area (Å²) in [6, 6.07) is 12.7. The number of carbonyl (C=O) groups is 1. The van der Waals surface area contributed by atoms with E-state index < -0.39 is 28.8 Å². The Morgan fingerprint density at radius 3 is 2.38 bits per heavy atom. The molecule has 0 spiro atoms. The number of nitrogens with one attached hydrogen (secondary N) is 2. The second kappa shape index (κ2) is 7.14. The van der Waals surface area contributed by atoms with Crippen LogP contribution in [0.2, 0.25) is 0 Å². The van der Waals surface area contributed by atoms with Gasteiger partial charge >= 0.3 is 5.69 Å². The highest BCUT2D eigenvalue weighted by molar-refractivity contribution is 6.02. The SMILES string of the molecule is O=C(Nc1ccc(F)c(F)c1)c1cc(=O)n(Cc2ccccc2)c(=O)[nH]1. The zero-order chi connectivity index (χ0) is 18.7. The van der Waals surface area contributed by atoms with Crippen LogP contribution in [0.5, 0.6) is 0 Å². The Morgan fingerprint density at radius 2 is 1.73 bits per heavy atom. The molecule has 1 aromatic heterocycles. The van der Waals surface area contributed by atoms with E-state index >= 15 is 0 Å². The fraction of sp³-hybridized carbons (Fsp3) is 0.0556. The van der Waals surface area contributed by atoms with E-state index in [4.69, 9.17) is 0 Å². The predicted octanol–water partition coefficient (Wildman–Crippen LogP) is 2.12. The lowest BCUT2D eigenvalue weighted by Gasteiger charge is -2.08. The maximum absolute atomic E-state index is 13.2. The summed E-state index contributed by atoms with van der Waals surface area (Å²) in [5.74, 6) is -3.01. The van der Waals surface area contributed by atoms with Gasteiger partial charge in [-0.3, -0.25) is 14.2 Å². The van der Waals surface area contributed by atoms with Crippen molar-refractivity contribution in [3.05, 3.63) is 98.3 Å². The van der Waals surface area contributed by atoms with Crippen LogP contribution in [0.3, 0.4) is 0 Å². The monoisotopic (exact) mass is 357 g/mol. The van der Waals surface area contributed by atoms with Crippen molar-refractivity contribution in [2.75, 3.05) is 5.32 Å². The van der Waals surface area contributed by atoms with Crippen molar-refractivity contribution in [2.45, 2.75) is 6.54 Å². The molecule has 0 unspecified atom stereocenters. The number of benzene rings is 2. The molecular weight excluding hydrogens is 344 g/mol. The molecule has 0 bridgehead atoms. The van der Waals surface area contributed by atoms with Crippen molar-refractivity contribution in [2.24, 2.45) is 0 Å². The van der Waals surface area contributed by atoms with Crippen molar-refractivity contribution in [3.63, 3.8) is 0 Å². The minimum atomic E-state index is -1.13. The number of rotatable bonds is 4. The molecule has 0 radical (unpaired) electrons. The van der Waals surface area contributed by atoms with Gasteiger partial charge in [0.25, 0.3) is 11.5 Å². The molecule has 0 saturated carbocycles. The largest absolute Gasteiger partial charge is 0.329 e. The molecule has 2 N–H and O–H groups in total. The molecule has 1 heterocycles. The van der Waals surface area contributed by atoms with Gasteiger partial charge in [-0.1, -0.05) is 30.3 Å². The first-order valence-corrected chi connectivity index (χ1v) is 7.58.